The highest BCUT2D eigenvalue weighted by molar-refractivity contribution is 5.85. The summed E-state index contributed by atoms with van der Waals surface area (Å²) in [7, 11) is 0. The minimum absolute atomic E-state index is 0. The van der Waals surface area contributed by atoms with E-state index in [1.165, 1.54) is 0 Å². The van der Waals surface area contributed by atoms with Crippen molar-refractivity contribution in [1.82, 2.24) is 20.2 Å². The molecule has 2 rings (SSSR count). The summed E-state index contributed by atoms with van der Waals surface area (Å²) in [5.74, 6) is 0. The van der Waals surface area contributed by atoms with Gasteiger partial charge >= 0.3 is 0 Å². The third-order valence-corrected chi connectivity index (χ3v) is 3.14. The van der Waals surface area contributed by atoms with Gasteiger partial charge in [0.05, 0.1) is 11.7 Å². The quantitative estimate of drug-likeness (QED) is 0.874. The zero-order chi connectivity index (χ0) is 11.5. The van der Waals surface area contributed by atoms with Crippen LogP contribution in [-0.2, 0) is 0 Å². The van der Waals surface area contributed by atoms with E-state index in [0.29, 0.717) is 18.1 Å². The summed E-state index contributed by atoms with van der Waals surface area (Å²) < 4.78 is 0. The van der Waals surface area contributed by atoms with Crippen molar-refractivity contribution in [1.29, 1.82) is 0 Å². The van der Waals surface area contributed by atoms with E-state index in [-0.39, 0.29) is 12.4 Å². The van der Waals surface area contributed by atoms with Crippen LogP contribution in [0, 0.1) is 0 Å². The molecule has 1 saturated heterocycles. The molecular weight excluding hydrogens is 236 g/mol. The first-order valence-electron chi connectivity index (χ1n) is 5.93. The molecule has 3 atom stereocenters. The zero-order valence-corrected chi connectivity index (χ0v) is 11.4. The van der Waals surface area contributed by atoms with Gasteiger partial charge in [-0.3, -0.25) is 14.9 Å². The molecule has 0 radical (unpaired) electrons. The number of hydrogen-bond donors (Lipinski definition) is 1. The van der Waals surface area contributed by atoms with Gasteiger partial charge in [0.15, 0.2) is 0 Å². The molecule has 0 aliphatic carbocycles. The molecule has 0 spiro atoms. The number of aromatic nitrogens is 2. The van der Waals surface area contributed by atoms with Gasteiger partial charge in [-0.05, 0) is 20.8 Å². The van der Waals surface area contributed by atoms with Crippen molar-refractivity contribution in [2.45, 2.75) is 38.9 Å². The van der Waals surface area contributed by atoms with E-state index < -0.39 is 0 Å². The standard InChI is InChI=1S/C12H20N4.ClH/c1-9-7-16(8-10(2)15-9)11(3)12-6-13-4-5-14-12;/h4-6,9-11,15H,7-8H2,1-3H3;1H. The number of piperazine rings is 1. The molecule has 1 aromatic heterocycles. The second kappa shape index (κ2) is 6.28. The minimum atomic E-state index is 0. The van der Waals surface area contributed by atoms with Gasteiger partial charge in [-0.1, -0.05) is 0 Å². The molecule has 4 nitrogen and oxygen atoms in total. The summed E-state index contributed by atoms with van der Waals surface area (Å²) in [6, 6.07) is 1.44. The third kappa shape index (κ3) is 3.63. The van der Waals surface area contributed by atoms with Crippen LogP contribution < -0.4 is 5.32 Å². The maximum atomic E-state index is 4.38. The smallest absolute Gasteiger partial charge is 0.0755 e. The topological polar surface area (TPSA) is 41.1 Å². The molecule has 2 heterocycles. The highest BCUT2D eigenvalue weighted by atomic mass is 35.5. The Hall–Kier alpha value is -0.710. The zero-order valence-electron chi connectivity index (χ0n) is 10.6. The molecule has 0 amide bonds. The average molecular weight is 257 g/mol. The first-order valence-corrected chi connectivity index (χ1v) is 5.93. The van der Waals surface area contributed by atoms with Gasteiger partial charge < -0.3 is 5.32 Å². The molecular formula is C12H21ClN4. The average Bonchev–Trinajstić information content (AvgIpc) is 2.28. The van der Waals surface area contributed by atoms with E-state index in [1.54, 1.807) is 12.4 Å². The van der Waals surface area contributed by atoms with Crippen LogP contribution in [0.5, 0.6) is 0 Å². The van der Waals surface area contributed by atoms with E-state index in [0.717, 1.165) is 18.8 Å². The molecule has 3 unspecified atom stereocenters. The largest absolute Gasteiger partial charge is 0.309 e. The SMILES string of the molecule is CC1CN(C(C)c2cnccn2)CC(C)N1.Cl. The van der Waals surface area contributed by atoms with Crippen molar-refractivity contribution < 1.29 is 0 Å². The molecule has 1 aromatic rings. The Morgan fingerprint density at radius 2 is 1.94 bits per heavy atom. The number of nitrogens with zero attached hydrogens (tertiary/aromatic N) is 3. The lowest BCUT2D eigenvalue weighted by Crippen LogP contribution is -2.54. The monoisotopic (exact) mass is 256 g/mol. The Balaban J connectivity index is 0.00000144. The highest BCUT2D eigenvalue weighted by Gasteiger charge is 2.25. The molecule has 1 aliphatic heterocycles. The molecule has 96 valence electrons. The lowest BCUT2D eigenvalue weighted by atomic mass is 10.1. The fraction of sp³-hybridized carbons (Fsp3) is 0.667. The van der Waals surface area contributed by atoms with Gasteiger partial charge in [-0.15, -0.1) is 12.4 Å². The summed E-state index contributed by atoms with van der Waals surface area (Å²) in [5.41, 5.74) is 1.06. The van der Waals surface area contributed by atoms with E-state index in [9.17, 15) is 0 Å². The van der Waals surface area contributed by atoms with Gasteiger partial charge in [-0.25, -0.2) is 0 Å². The van der Waals surface area contributed by atoms with Crippen LogP contribution in [-0.4, -0.2) is 40.0 Å². The Bertz CT molecular complexity index is 323. The van der Waals surface area contributed by atoms with E-state index in [1.807, 2.05) is 6.20 Å². The van der Waals surface area contributed by atoms with Crippen molar-refractivity contribution in [2.24, 2.45) is 0 Å². The van der Waals surface area contributed by atoms with Crippen LogP contribution in [0.3, 0.4) is 0 Å². The minimum Gasteiger partial charge on any atom is -0.309 e. The summed E-state index contributed by atoms with van der Waals surface area (Å²) >= 11 is 0. The van der Waals surface area contributed by atoms with Crippen molar-refractivity contribution >= 4 is 12.4 Å². The third-order valence-electron chi connectivity index (χ3n) is 3.14. The number of halogens is 1. The highest BCUT2D eigenvalue weighted by Crippen LogP contribution is 2.19. The van der Waals surface area contributed by atoms with Crippen LogP contribution in [0.1, 0.15) is 32.5 Å². The lowest BCUT2D eigenvalue weighted by molar-refractivity contribution is 0.129. The lowest BCUT2D eigenvalue weighted by Gasteiger charge is -2.39. The maximum Gasteiger partial charge on any atom is 0.0755 e. The second-order valence-electron chi connectivity index (χ2n) is 4.73. The van der Waals surface area contributed by atoms with E-state index in [4.69, 9.17) is 0 Å². The molecule has 0 aromatic carbocycles. The Morgan fingerprint density at radius 3 is 2.47 bits per heavy atom. The normalized spacial score (nSPS) is 27.2. The Morgan fingerprint density at radius 1 is 1.29 bits per heavy atom. The molecule has 0 bridgehead atoms. The molecule has 1 N–H and O–H groups in total. The summed E-state index contributed by atoms with van der Waals surface area (Å²) in [6.45, 7) is 8.80. The molecule has 1 aliphatic rings. The number of hydrogen-bond acceptors (Lipinski definition) is 4. The fourth-order valence-corrected chi connectivity index (χ4v) is 2.40. The predicted molar refractivity (Wildman–Crippen MR) is 71.3 cm³/mol. The fourth-order valence-electron chi connectivity index (χ4n) is 2.40. The summed E-state index contributed by atoms with van der Waals surface area (Å²) in [4.78, 5) is 11.0. The second-order valence-corrected chi connectivity index (χ2v) is 4.73. The van der Waals surface area contributed by atoms with Crippen molar-refractivity contribution in [3.63, 3.8) is 0 Å². The van der Waals surface area contributed by atoms with E-state index >= 15 is 0 Å². The van der Waals surface area contributed by atoms with Crippen molar-refractivity contribution in [2.75, 3.05) is 13.1 Å². The summed E-state index contributed by atoms with van der Waals surface area (Å²) in [5, 5.41) is 3.54. The molecule has 1 fully saturated rings. The van der Waals surface area contributed by atoms with Gasteiger partial charge in [0, 0.05) is 43.8 Å². The van der Waals surface area contributed by atoms with Gasteiger partial charge in [0.2, 0.25) is 0 Å². The molecule has 5 heteroatoms. The predicted octanol–water partition coefficient (Wildman–Crippen LogP) is 1.64. The summed E-state index contributed by atoms with van der Waals surface area (Å²) in [6.07, 6.45) is 5.35. The Kier molecular flexibility index (Phi) is 5.31. The van der Waals surface area contributed by atoms with Crippen molar-refractivity contribution in [3.05, 3.63) is 24.3 Å². The van der Waals surface area contributed by atoms with Gasteiger partial charge in [0.25, 0.3) is 0 Å². The Labute approximate surface area is 109 Å². The molecule has 17 heavy (non-hydrogen) atoms. The van der Waals surface area contributed by atoms with Crippen LogP contribution in [0.2, 0.25) is 0 Å². The maximum absolute atomic E-state index is 4.38. The van der Waals surface area contributed by atoms with Crippen LogP contribution in [0.15, 0.2) is 18.6 Å². The van der Waals surface area contributed by atoms with Gasteiger partial charge in [-0.2, -0.15) is 0 Å². The number of rotatable bonds is 2. The first-order chi connectivity index (χ1) is 7.66. The van der Waals surface area contributed by atoms with Crippen LogP contribution >= 0.6 is 12.4 Å². The first kappa shape index (κ1) is 14.4. The van der Waals surface area contributed by atoms with Gasteiger partial charge in [0.1, 0.15) is 0 Å². The van der Waals surface area contributed by atoms with Crippen LogP contribution in [0.25, 0.3) is 0 Å². The van der Waals surface area contributed by atoms with Crippen molar-refractivity contribution in [3.8, 4) is 0 Å². The molecule has 0 saturated carbocycles. The number of nitrogens with one attached hydrogen (secondary N) is 1. The van der Waals surface area contributed by atoms with E-state index in [2.05, 4.69) is 41.0 Å². The van der Waals surface area contributed by atoms with Crippen LogP contribution in [0.4, 0.5) is 0 Å².